The van der Waals surface area contributed by atoms with Crippen LogP contribution in [0.15, 0.2) is 24.3 Å². The molecule has 3 rings (SSSR count). The number of hydrogen-bond acceptors (Lipinski definition) is 6. The van der Waals surface area contributed by atoms with Gasteiger partial charge in [-0.05, 0) is 57.6 Å². The van der Waals surface area contributed by atoms with Gasteiger partial charge < -0.3 is 23.7 Å². The summed E-state index contributed by atoms with van der Waals surface area (Å²) >= 11 is 0. The number of hydrogen-bond donors (Lipinski definition) is 0. The number of ketones is 1. The molecule has 1 aromatic carbocycles. The van der Waals surface area contributed by atoms with E-state index >= 15 is 0 Å². The molecule has 0 radical (unpaired) electrons. The third-order valence-electron chi connectivity index (χ3n) is 4.72. The molecule has 0 spiro atoms. The van der Waals surface area contributed by atoms with Crippen LogP contribution >= 0.6 is 0 Å². The first-order chi connectivity index (χ1) is 13.2. The molecule has 6 heteroatoms. The molecule has 3 unspecified atom stereocenters. The molecule has 0 amide bonds. The third-order valence-corrected chi connectivity index (χ3v) is 4.72. The fourth-order valence-corrected chi connectivity index (χ4v) is 3.24. The molecule has 2 aliphatic heterocycles. The van der Waals surface area contributed by atoms with Crippen molar-refractivity contribution in [1.82, 2.24) is 0 Å². The summed E-state index contributed by atoms with van der Waals surface area (Å²) in [6, 6.07) is 7.24. The maximum atomic E-state index is 12.6. The molecule has 0 N–H and O–H groups in total. The Morgan fingerprint density at radius 1 is 1.07 bits per heavy atom. The lowest BCUT2D eigenvalue weighted by molar-refractivity contribution is -0.189. The zero-order valence-electron chi connectivity index (χ0n) is 16.1. The van der Waals surface area contributed by atoms with Crippen LogP contribution < -0.4 is 4.74 Å². The Morgan fingerprint density at radius 2 is 1.78 bits per heavy atom. The summed E-state index contributed by atoms with van der Waals surface area (Å²) in [5.41, 5.74) is 0.523. The van der Waals surface area contributed by atoms with E-state index in [1.807, 2.05) is 19.1 Å². The van der Waals surface area contributed by atoms with E-state index < -0.39 is 0 Å². The number of carbonyl (C=O) groups is 1. The lowest BCUT2D eigenvalue weighted by atomic mass is 10.1. The molecule has 2 aliphatic rings. The Kier molecular flexibility index (Phi) is 8.08. The lowest BCUT2D eigenvalue weighted by Gasteiger charge is -2.26. The van der Waals surface area contributed by atoms with Gasteiger partial charge in [-0.2, -0.15) is 0 Å². The van der Waals surface area contributed by atoms with Gasteiger partial charge in [-0.25, -0.2) is 0 Å². The van der Waals surface area contributed by atoms with Gasteiger partial charge in [0.1, 0.15) is 19.0 Å². The Morgan fingerprint density at radius 3 is 2.48 bits per heavy atom. The highest BCUT2D eigenvalue weighted by Gasteiger charge is 2.20. The van der Waals surface area contributed by atoms with Crippen LogP contribution in [0.3, 0.4) is 0 Å². The Balaban J connectivity index is 1.47. The second-order valence-electron chi connectivity index (χ2n) is 7.08. The monoisotopic (exact) mass is 378 g/mol. The summed E-state index contributed by atoms with van der Waals surface area (Å²) in [5, 5.41) is 0. The van der Waals surface area contributed by atoms with Crippen LogP contribution in [0.25, 0.3) is 0 Å². The highest BCUT2D eigenvalue weighted by molar-refractivity contribution is 5.99. The summed E-state index contributed by atoms with van der Waals surface area (Å²) < 4.78 is 28.4. The van der Waals surface area contributed by atoms with Gasteiger partial charge in [0.2, 0.25) is 0 Å². The number of rotatable bonds is 9. The van der Waals surface area contributed by atoms with E-state index in [1.165, 1.54) is 0 Å². The second-order valence-corrected chi connectivity index (χ2v) is 7.08. The van der Waals surface area contributed by atoms with Crippen molar-refractivity contribution >= 4 is 5.78 Å². The molecular weight excluding hydrogens is 348 g/mol. The zero-order chi connectivity index (χ0) is 18.9. The summed E-state index contributed by atoms with van der Waals surface area (Å²) in [6.07, 6.45) is 5.54. The minimum atomic E-state index is -0.278. The average molecular weight is 378 g/mol. The molecular formula is C21H30O6. The fourth-order valence-electron chi connectivity index (χ4n) is 3.24. The summed E-state index contributed by atoms with van der Waals surface area (Å²) in [4.78, 5) is 12.6. The summed E-state index contributed by atoms with van der Waals surface area (Å²) in [7, 11) is 0. The van der Waals surface area contributed by atoms with E-state index in [-0.39, 0.29) is 31.1 Å². The van der Waals surface area contributed by atoms with Crippen LogP contribution in [-0.2, 0) is 18.9 Å². The largest absolute Gasteiger partial charge is 0.490 e. The van der Waals surface area contributed by atoms with E-state index in [1.54, 1.807) is 12.1 Å². The van der Waals surface area contributed by atoms with Crippen LogP contribution in [0.1, 0.15) is 55.8 Å². The minimum absolute atomic E-state index is 0.00694. The maximum Gasteiger partial charge on any atom is 0.192 e. The highest BCUT2D eigenvalue weighted by Crippen LogP contribution is 2.21. The van der Waals surface area contributed by atoms with Crippen molar-refractivity contribution in [3.05, 3.63) is 29.8 Å². The second kappa shape index (κ2) is 10.8. The quantitative estimate of drug-likeness (QED) is 0.610. The zero-order valence-corrected chi connectivity index (χ0v) is 16.1. The van der Waals surface area contributed by atoms with Gasteiger partial charge in [-0.1, -0.05) is 12.1 Å². The van der Waals surface area contributed by atoms with Gasteiger partial charge in [0.05, 0.1) is 11.7 Å². The smallest absolute Gasteiger partial charge is 0.192 e. The van der Waals surface area contributed by atoms with E-state index in [9.17, 15) is 4.79 Å². The number of Topliss-reactive ketones (excluding diaryl/α,β-unsaturated/α-hetero) is 1. The molecule has 0 aromatic heterocycles. The Hall–Kier alpha value is -1.47. The van der Waals surface area contributed by atoms with E-state index in [0.29, 0.717) is 24.5 Å². The first kappa shape index (κ1) is 20.3. The van der Waals surface area contributed by atoms with Crippen molar-refractivity contribution in [2.45, 2.75) is 64.1 Å². The first-order valence-corrected chi connectivity index (χ1v) is 9.97. The molecule has 0 bridgehead atoms. The van der Waals surface area contributed by atoms with Gasteiger partial charge in [-0.15, -0.1) is 0 Å². The van der Waals surface area contributed by atoms with Crippen molar-refractivity contribution in [3.8, 4) is 5.75 Å². The van der Waals surface area contributed by atoms with Gasteiger partial charge >= 0.3 is 0 Å². The van der Waals surface area contributed by atoms with Gasteiger partial charge in [-0.3, -0.25) is 4.79 Å². The van der Waals surface area contributed by atoms with E-state index in [2.05, 4.69) is 0 Å². The van der Waals surface area contributed by atoms with Crippen LogP contribution in [0.2, 0.25) is 0 Å². The first-order valence-electron chi connectivity index (χ1n) is 9.97. The van der Waals surface area contributed by atoms with Crippen molar-refractivity contribution in [3.63, 3.8) is 0 Å². The molecule has 150 valence electrons. The van der Waals surface area contributed by atoms with Crippen molar-refractivity contribution in [2.24, 2.45) is 0 Å². The van der Waals surface area contributed by atoms with Crippen molar-refractivity contribution < 1.29 is 28.5 Å². The van der Waals surface area contributed by atoms with E-state index in [4.69, 9.17) is 23.7 Å². The third kappa shape index (κ3) is 6.57. The van der Waals surface area contributed by atoms with Crippen LogP contribution in [-0.4, -0.2) is 50.9 Å². The van der Waals surface area contributed by atoms with Crippen molar-refractivity contribution in [1.29, 1.82) is 0 Å². The van der Waals surface area contributed by atoms with Crippen LogP contribution in [0.4, 0.5) is 0 Å². The minimum Gasteiger partial charge on any atom is -0.490 e. The van der Waals surface area contributed by atoms with E-state index in [0.717, 1.165) is 45.1 Å². The maximum absolute atomic E-state index is 12.6. The van der Waals surface area contributed by atoms with Gasteiger partial charge in [0.15, 0.2) is 18.4 Å². The number of ether oxygens (including phenoxy) is 5. The summed E-state index contributed by atoms with van der Waals surface area (Å²) in [5.74, 6) is 0.444. The SMILES string of the molecule is CC(COc1ccccc1C(=O)COC1CCCCO1)OC1CCCCO1. The topological polar surface area (TPSA) is 63.2 Å². The molecule has 6 nitrogen and oxygen atoms in total. The molecule has 2 fully saturated rings. The predicted octanol–water partition coefficient (Wildman–Crippen LogP) is 3.72. The molecule has 1 aromatic rings. The fraction of sp³-hybridized carbons (Fsp3) is 0.667. The predicted molar refractivity (Wildman–Crippen MR) is 99.9 cm³/mol. The van der Waals surface area contributed by atoms with Crippen LogP contribution in [0, 0.1) is 0 Å². The molecule has 2 saturated heterocycles. The standard InChI is InChI=1S/C21H30O6/c1-16(27-21-11-5-7-13-24-21)14-25-19-9-3-2-8-17(19)18(22)15-26-20-10-4-6-12-23-20/h2-3,8-9,16,20-21H,4-7,10-15H2,1H3. The molecule has 0 aliphatic carbocycles. The highest BCUT2D eigenvalue weighted by atomic mass is 16.7. The summed E-state index contributed by atoms with van der Waals surface area (Å²) in [6.45, 7) is 3.75. The van der Waals surface area contributed by atoms with Crippen molar-refractivity contribution in [2.75, 3.05) is 26.4 Å². The lowest BCUT2D eigenvalue weighted by Crippen LogP contribution is -2.30. The van der Waals surface area contributed by atoms with Gasteiger partial charge in [0, 0.05) is 13.2 Å². The Bertz CT molecular complexity index is 578. The Labute approximate surface area is 161 Å². The van der Waals surface area contributed by atoms with Gasteiger partial charge in [0.25, 0.3) is 0 Å². The average Bonchev–Trinajstić information content (AvgIpc) is 2.72. The number of para-hydroxylation sites is 1. The molecule has 27 heavy (non-hydrogen) atoms. The number of benzene rings is 1. The molecule has 2 heterocycles. The molecule has 0 saturated carbocycles. The number of carbonyl (C=O) groups excluding carboxylic acids is 1. The normalized spacial score (nSPS) is 24.3. The van der Waals surface area contributed by atoms with Crippen LogP contribution in [0.5, 0.6) is 5.75 Å². The molecule has 3 atom stereocenters.